The summed E-state index contributed by atoms with van der Waals surface area (Å²) in [6.07, 6.45) is -8.76. The minimum atomic E-state index is -5.06. The van der Waals surface area contributed by atoms with Gasteiger partial charge in [-0.3, -0.25) is 14.5 Å². The molecular weight excluding hydrogens is 552 g/mol. The van der Waals surface area contributed by atoms with E-state index in [1.807, 2.05) is 19.1 Å². The van der Waals surface area contributed by atoms with Crippen molar-refractivity contribution in [3.8, 4) is 11.1 Å². The van der Waals surface area contributed by atoms with Crippen molar-refractivity contribution in [2.24, 2.45) is 0 Å². The van der Waals surface area contributed by atoms with E-state index in [0.717, 1.165) is 10.5 Å². The number of likely N-dealkylation sites (N-methyl/N-ethyl adjacent to an activating group) is 1. The van der Waals surface area contributed by atoms with Gasteiger partial charge in [-0.1, -0.05) is 29.8 Å². The first-order valence-corrected chi connectivity index (χ1v) is 12.5. The minimum absolute atomic E-state index is 0.0266. The molecule has 1 aromatic heterocycles. The lowest BCUT2D eigenvalue weighted by Crippen LogP contribution is -2.43. The number of benzene rings is 2. The summed E-state index contributed by atoms with van der Waals surface area (Å²) in [6, 6.07) is 10.0. The molecule has 0 radical (unpaired) electrons. The van der Waals surface area contributed by atoms with Crippen LogP contribution in [0.25, 0.3) is 11.1 Å². The number of hydrogen-bond donors (Lipinski definition) is 0. The number of carbonyl (C=O) groups excluding carboxylic acids is 2. The zero-order chi connectivity index (χ0) is 30.3. The number of ether oxygens (including phenoxy) is 1. The molecular formula is C29H27F6N3O3. The van der Waals surface area contributed by atoms with Crippen LogP contribution in [0.4, 0.5) is 37.8 Å². The molecule has 2 aromatic carbocycles. The van der Waals surface area contributed by atoms with E-state index in [0.29, 0.717) is 35.7 Å². The topological polar surface area (TPSA) is 62.7 Å². The lowest BCUT2D eigenvalue weighted by Gasteiger charge is -2.32. The predicted octanol–water partition coefficient (Wildman–Crippen LogP) is 6.40. The van der Waals surface area contributed by atoms with E-state index in [9.17, 15) is 35.9 Å². The standard InChI is InChI=1S/C29H27F6N3O3/c1-17-5-7-18(8-6-17)22-14-24(38-9-10-41-16-25(38)39)36-15-23(22)37(4)26(40)27(2,3)19-11-20(28(30,31)32)13-21(12-19)29(33,34)35/h5-8,11-15H,9-10,16H2,1-4H3. The smallest absolute Gasteiger partial charge is 0.370 e. The molecule has 6 nitrogen and oxygen atoms in total. The van der Waals surface area contributed by atoms with Crippen molar-refractivity contribution in [3.63, 3.8) is 0 Å². The van der Waals surface area contributed by atoms with Gasteiger partial charge < -0.3 is 9.64 Å². The van der Waals surface area contributed by atoms with Crippen molar-refractivity contribution >= 4 is 23.3 Å². The highest BCUT2D eigenvalue weighted by atomic mass is 19.4. The maximum atomic E-state index is 13.8. The van der Waals surface area contributed by atoms with Crippen LogP contribution in [0.15, 0.2) is 54.7 Å². The van der Waals surface area contributed by atoms with E-state index in [-0.39, 0.29) is 30.8 Å². The van der Waals surface area contributed by atoms with Crippen molar-refractivity contribution in [2.75, 3.05) is 36.6 Å². The number of aryl methyl sites for hydroxylation is 1. The Balaban J connectivity index is 1.80. The predicted molar refractivity (Wildman–Crippen MR) is 140 cm³/mol. The Hall–Kier alpha value is -3.93. The summed E-state index contributed by atoms with van der Waals surface area (Å²) >= 11 is 0. The molecule has 0 aliphatic carbocycles. The van der Waals surface area contributed by atoms with Gasteiger partial charge >= 0.3 is 12.4 Å². The normalized spacial score (nSPS) is 14.8. The monoisotopic (exact) mass is 579 g/mol. The summed E-state index contributed by atoms with van der Waals surface area (Å²) in [7, 11) is 1.37. The highest BCUT2D eigenvalue weighted by Crippen LogP contribution is 2.41. The second-order valence-corrected chi connectivity index (χ2v) is 10.3. The molecule has 2 amide bonds. The second kappa shape index (κ2) is 10.8. The first kappa shape index (κ1) is 30.0. The van der Waals surface area contributed by atoms with Gasteiger partial charge in [0.15, 0.2) is 0 Å². The highest BCUT2D eigenvalue weighted by molar-refractivity contribution is 6.03. The summed E-state index contributed by atoms with van der Waals surface area (Å²) in [5.41, 5.74) is -2.91. The molecule has 3 aromatic rings. The van der Waals surface area contributed by atoms with E-state index < -0.39 is 40.4 Å². The number of pyridine rings is 1. The fraction of sp³-hybridized carbons (Fsp3) is 0.345. The van der Waals surface area contributed by atoms with Gasteiger partial charge in [-0.05, 0) is 56.2 Å². The third kappa shape index (κ3) is 6.22. The van der Waals surface area contributed by atoms with E-state index in [2.05, 4.69) is 4.98 Å². The zero-order valence-corrected chi connectivity index (χ0v) is 22.7. The Labute approximate surface area is 232 Å². The Kier molecular flexibility index (Phi) is 7.92. The molecule has 0 N–H and O–H groups in total. The summed E-state index contributed by atoms with van der Waals surface area (Å²) in [5.74, 6) is -0.761. The van der Waals surface area contributed by atoms with Crippen molar-refractivity contribution in [1.82, 2.24) is 4.98 Å². The van der Waals surface area contributed by atoms with E-state index in [4.69, 9.17) is 4.74 Å². The lowest BCUT2D eigenvalue weighted by molar-refractivity contribution is -0.143. The second-order valence-electron chi connectivity index (χ2n) is 10.3. The number of morpholine rings is 1. The Morgan fingerprint density at radius 2 is 1.49 bits per heavy atom. The quantitative estimate of drug-likeness (QED) is 0.329. The third-order valence-electron chi connectivity index (χ3n) is 7.00. The molecule has 41 heavy (non-hydrogen) atoms. The van der Waals surface area contributed by atoms with Crippen LogP contribution in [-0.4, -0.2) is 43.6 Å². The Bertz CT molecular complexity index is 1430. The van der Waals surface area contributed by atoms with Crippen LogP contribution in [0.5, 0.6) is 0 Å². The number of halogens is 6. The van der Waals surface area contributed by atoms with Crippen molar-refractivity contribution < 1.29 is 40.7 Å². The molecule has 1 fully saturated rings. The van der Waals surface area contributed by atoms with Crippen LogP contribution < -0.4 is 9.80 Å². The Morgan fingerprint density at radius 3 is 2.02 bits per heavy atom. The van der Waals surface area contributed by atoms with Gasteiger partial charge in [-0.2, -0.15) is 26.3 Å². The number of rotatable bonds is 5. The molecule has 0 unspecified atom stereocenters. The van der Waals surface area contributed by atoms with E-state index >= 15 is 0 Å². The first-order chi connectivity index (χ1) is 19.0. The number of amides is 2. The molecule has 0 atom stereocenters. The molecule has 1 aliphatic heterocycles. The number of carbonyl (C=O) groups is 2. The van der Waals surface area contributed by atoms with Crippen LogP contribution in [0, 0.1) is 6.92 Å². The number of alkyl halides is 6. The summed E-state index contributed by atoms with van der Waals surface area (Å²) in [4.78, 5) is 33.2. The molecule has 0 spiro atoms. The molecule has 0 bridgehead atoms. The summed E-state index contributed by atoms with van der Waals surface area (Å²) < 4.78 is 86.4. The summed E-state index contributed by atoms with van der Waals surface area (Å²) in [6.45, 7) is 4.86. The van der Waals surface area contributed by atoms with Gasteiger partial charge in [0, 0.05) is 12.6 Å². The van der Waals surface area contributed by atoms with Gasteiger partial charge in [-0.25, -0.2) is 4.98 Å². The molecule has 2 heterocycles. The zero-order valence-electron chi connectivity index (χ0n) is 22.7. The fourth-order valence-corrected chi connectivity index (χ4v) is 4.54. The first-order valence-electron chi connectivity index (χ1n) is 12.5. The number of nitrogens with zero attached hydrogens (tertiary/aromatic N) is 3. The van der Waals surface area contributed by atoms with Gasteiger partial charge in [-0.15, -0.1) is 0 Å². The largest absolute Gasteiger partial charge is 0.416 e. The molecule has 1 aliphatic rings. The van der Waals surface area contributed by atoms with Crippen LogP contribution in [0.3, 0.4) is 0 Å². The van der Waals surface area contributed by atoms with Crippen LogP contribution in [0.2, 0.25) is 0 Å². The average molecular weight is 580 g/mol. The van der Waals surface area contributed by atoms with Crippen LogP contribution >= 0.6 is 0 Å². The van der Waals surface area contributed by atoms with Gasteiger partial charge in [0.05, 0.1) is 41.6 Å². The maximum Gasteiger partial charge on any atom is 0.416 e. The van der Waals surface area contributed by atoms with Gasteiger partial charge in [0.2, 0.25) is 5.91 Å². The molecule has 0 saturated carbocycles. The molecule has 1 saturated heterocycles. The number of anilines is 2. The van der Waals surface area contributed by atoms with Gasteiger partial charge in [0.1, 0.15) is 12.4 Å². The number of hydrogen-bond acceptors (Lipinski definition) is 4. The fourth-order valence-electron chi connectivity index (χ4n) is 4.54. The third-order valence-corrected chi connectivity index (χ3v) is 7.00. The highest BCUT2D eigenvalue weighted by Gasteiger charge is 2.41. The van der Waals surface area contributed by atoms with Crippen molar-refractivity contribution in [2.45, 2.75) is 38.5 Å². The van der Waals surface area contributed by atoms with Crippen molar-refractivity contribution in [1.29, 1.82) is 0 Å². The van der Waals surface area contributed by atoms with E-state index in [1.54, 1.807) is 18.2 Å². The molecule has 218 valence electrons. The number of aromatic nitrogens is 1. The molecule has 4 rings (SSSR count). The minimum Gasteiger partial charge on any atom is -0.370 e. The maximum absolute atomic E-state index is 13.8. The van der Waals surface area contributed by atoms with Crippen LogP contribution in [-0.2, 0) is 32.1 Å². The van der Waals surface area contributed by atoms with E-state index in [1.165, 1.54) is 32.0 Å². The van der Waals surface area contributed by atoms with Gasteiger partial charge in [0.25, 0.3) is 5.91 Å². The Morgan fingerprint density at radius 1 is 0.927 bits per heavy atom. The lowest BCUT2D eigenvalue weighted by atomic mass is 9.81. The van der Waals surface area contributed by atoms with Crippen molar-refractivity contribution in [3.05, 3.63) is 77.0 Å². The summed E-state index contributed by atoms with van der Waals surface area (Å²) in [5, 5.41) is 0. The average Bonchev–Trinajstić information content (AvgIpc) is 2.91. The molecule has 12 heteroatoms. The SMILES string of the molecule is Cc1ccc(-c2cc(N3CCOCC3=O)ncc2N(C)C(=O)C(C)(C)c2cc(C(F)(F)F)cc(C(F)(F)F)c2)cc1. The van der Waals surface area contributed by atoms with Crippen LogP contribution in [0.1, 0.15) is 36.1 Å².